The smallest absolute Gasteiger partial charge is 0.407 e. The fraction of sp³-hybridized carbons (Fsp3) is 0.562. The maximum Gasteiger partial charge on any atom is 0.407 e. The number of alkyl carbamates (subject to hydrolysis) is 1. The molecule has 0 aliphatic carbocycles. The summed E-state index contributed by atoms with van der Waals surface area (Å²) >= 11 is 0. The van der Waals surface area contributed by atoms with E-state index in [4.69, 9.17) is 4.74 Å². The number of carbonyl (C=O) groups is 1. The number of amides is 1. The highest BCUT2D eigenvalue weighted by Crippen LogP contribution is 2.19. The Morgan fingerprint density at radius 2 is 1.96 bits per heavy atom. The van der Waals surface area contributed by atoms with Crippen LogP contribution in [0.2, 0.25) is 0 Å². The monoisotopic (exact) mass is 330 g/mol. The van der Waals surface area contributed by atoms with Gasteiger partial charge in [0, 0.05) is 6.04 Å². The lowest BCUT2D eigenvalue weighted by Crippen LogP contribution is -2.45. The van der Waals surface area contributed by atoms with Crippen LogP contribution in [0, 0.1) is 0 Å². The highest BCUT2D eigenvalue weighted by atomic mass is 19.3. The lowest BCUT2D eigenvalue weighted by atomic mass is 10.1. The van der Waals surface area contributed by atoms with Gasteiger partial charge < -0.3 is 20.5 Å². The Morgan fingerprint density at radius 3 is 2.52 bits per heavy atom. The van der Waals surface area contributed by atoms with Gasteiger partial charge in [0.05, 0.1) is 13.1 Å². The minimum absolute atomic E-state index is 0.0782. The van der Waals surface area contributed by atoms with Crippen LogP contribution in [-0.4, -0.2) is 35.8 Å². The van der Waals surface area contributed by atoms with Crippen LogP contribution in [0.1, 0.15) is 39.3 Å². The van der Waals surface area contributed by atoms with Gasteiger partial charge in [0.2, 0.25) is 0 Å². The average molecular weight is 330 g/mol. The molecule has 1 amide bonds. The molecule has 1 rings (SSSR count). The molecule has 130 valence electrons. The van der Waals surface area contributed by atoms with Crippen molar-refractivity contribution in [1.82, 2.24) is 10.6 Å². The third kappa shape index (κ3) is 7.78. The van der Waals surface area contributed by atoms with Crippen LogP contribution in [0.25, 0.3) is 0 Å². The van der Waals surface area contributed by atoms with Gasteiger partial charge in [-0.2, -0.15) is 0 Å². The van der Waals surface area contributed by atoms with Crippen molar-refractivity contribution in [1.29, 1.82) is 0 Å². The van der Waals surface area contributed by atoms with Crippen molar-refractivity contribution in [2.75, 3.05) is 13.1 Å². The van der Waals surface area contributed by atoms with Crippen molar-refractivity contribution >= 4 is 6.09 Å². The quantitative estimate of drug-likeness (QED) is 0.749. The first-order chi connectivity index (χ1) is 10.5. The molecule has 1 aromatic rings. The van der Waals surface area contributed by atoms with Crippen molar-refractivity contribution in [2.24, 2.45) is 0 Å². The normalized spacial score (nSPS) is 13.5. The summed E-state index contributed by atoms with van der Waals surface area (Å²) in [5.74, 6) is -3.04. The minimum atomic E-state index is -3.12. The summed E-state index contributed by atoms with van der Waals surface area (Å²) in [5.41, 5.74) is -0.0394. The molecular formula is C16H24F2N2O3. The fourth-order valence-electron chi connectivity index (χ4n) is 1.79. The number of benzene rings is 1. The van der Waals surface area contributed by atoms with Crippen LogP contribution < -0.4 is 10.6 Å². The zero-order valence-corrected chi connectivity index (χ0v) is 13.8. The number of rotatable bonds is 6. The van der Waals surface area contributed by atoms with E-state index in [1.54, 1.807) is 39.8 Å². The molecule has 0 radical (unpaired) electrons. The standard InChI is InChI=1S/C16H24F2N2O3/c1-11(12-6-5-7-13(21)8-12)19-9-16(17,18)10-20-14(22)23-15(2,3)4/h5-8,11,19,21H,9-10H2,1-4H3,(H,20,22). The van der Waals surface area contributed by atoms with Gasteiger partial charge in [-0.3, -0.25) is 0 Å². The van der Waals surface area contributed by atoms with Gasteiger partial charge in [0.15, 0.2) is 0 Å². The lowest BCUT2D eigenvalue weighted by Gasteiger charge is -2.23. The van der Waals surface area contributed by atoms with Crippen molar-refractivity contribution in [3.05, 3.63) is 29.8 Å². The SMILES string of the molecule is CC(NCC(F)(F)CNC(=O)OC(C)(C)C)c1cccc(O)c1. The minimum Gasteiger partial charge on any atom is -0.508 e. The van der Waals surface area contributed by atoms with Crippen molar-refractivity contribution in [3.8, 4) is 5.75 Å². The molecule has 0 saturated heterocycles. The van der Waals surface area contributed by atoms with Crippen molar-refractivity contribution in [2.45, 2.75) is 45.3 Å². The lowest BCUT2D eigenvalue weighted by molar-refractivity contribution is -0.00525. The summed E-state index contributed by atoms with van der Waals surface area (Å²) in [6.07, 6.45) is -0.877. The molecule has 0 aromatic heterocycles. The summed E-state index contributed by atoms with van der Waals surface area (Å²) in [5, 5.41) is 14.1. The van der Waals surface area contributed by atoms with Crippen molar-refractivity contribution < 1.29 is 23.4 Å². The molecule has 5 nitrogen and oxygen atoms in total. The molecular weight excluding hydrogens is 306 g/mol. The van der Waals surface area contributed by atoms with E-state index in [1.807, 2.05) is 0 Å². The molecule has 0 spiro atoms. The number of phenolic OH excluding ortho intramolecular Hbond substituents is 1. The predicted octanol–water partition coefficient (Wildman–Crippen LogP) is 3.20. The highest BCUT2D eigenvalue weighted by molar-refractivity contribution is 5.67. The zero-order chi connectivity index (χ0) is 17.7. The average Bonchev–Trinajstić information content (AvgIpc) is 2.41. The first kappa shape index (κ1) is 19.2. The molecule has 1 unspecified atom stereocenters. The third-order valence-corrected chi connectivity index (χ3v) is 2.93. The van der Waals surface area contributed by atoms with Gasteiger partial charge in [-0.15, -0.1) is 0 Å². The number of nitrogens with one attached hydrogen (secondary N) is 2. The molecule has 23 heavy (non-hydrogen) atoms. The second kappa shape index (κ2) is 7.59. The van der Waals surface area contributed by atoms with Crippen LogP contribution in [0.15, 0.2) is 24.3 Å². The van der Waals surface area contributed by atoms with Gasteiger partial charge in [-0.25, -0.2) is 13.6 Å². The van der Waals surface area contributed by atoms with Crippen LogP contribution in [0.3, 0.4) is 0 Å². The third-order valence-electron chi connectivity index (χ3n) is 2.93. The molecule has 0 saturated carbocycles. The second-order valence-electron chi connectivity index (χ2n) is 6.41. The van der Waals surface area contributed by atoms with E-state index in [0.717, 1.165) is 0 Å². The fourth-order valence-corrected chi connectivity index (χ4v) is 1.79. The molecule has 0 fully saturated rings. The maximum atomic E-state index is 13.8. The molecule has 3 N–H and O–H groups in total. The second-order valence-corrected chi connectivity index (χ2v) is 6.41. The van der Waals surface area contributed by atoms with E-state index < -0.39 is 30.7 Å². The number of hydrogen-bond donors (Lipinski definition) is 3. The number of phenols is 1. The molecule has 7 heteroatoms. The van der Waals surface area contributed by atoms with E-state index in [0.29, 0.717) is 5.56 Å². The first-order valence-electron chi connectivity index (χ1n) is 7.35. The predicted molar refractivity (Wildman–Crippen MR) is 83.7 cm³/mol. The molecule has 1 atom stereocenters. The topological polar surface area (TPSA) is 70.6 Å². The van der Waals surface area contributed by atoms with Crippen LogP contribution in [-0.2, 0) is 4.74 Å². The number of hydrogen-bond acceptors (Lipinski definition) is 4. The number of carbonyl (C=O) groups excluding carboxylic acids is 1. The molecule has 0 aliphatic heterocycles. The highest BCUT2D eigenvalue weighted by Gasteiger charge is 2.30. The van der Waals surface area contributed by atoms with E-state index in [9.17, 15) is 18.7 Å². The van der Waals surface area contributed by atoms with Crippen LogP contribution >= 0.6 is 0 Å². The van der Waals surface area contributed by atoms with Gasteiger partial charge >= 0.3 is 6.09 Å². The number of alkyl halides is 2. The Labute approximate surface area is 135 Å². The Morgan fingerprint density at radius 1 is 1.30 bits per heavy atom. The number of halogens is 2. The van der Waals surface area contributed by atoms with E-state index in [-0.39, 0.29) is 11.8 Å². The summed E-state index contributed by atoms with van der Waals surface area (Å²) in [7, 11) is 0. The first-order valence-corrected chi connectivity index (χ1v) is 7.35. The summed E-state index contributed by atoms with van der Waals surface area (Å²) in [4.78, 5) is 11.4. The van der Waals surface area contributed by atoms with Crippen molar-refractivity contribution in [3.63, 3.8) is 0 Å². The zero-order valence-electron chi connectivity index (χ0n) is 13.8. The molecule has 1 aromatic carbocycles. The summed E-state index contributed by atoms with van der Waals surface area (Å²) < 4.78 is 32.5. The Kier molecular flexibility index (Phi) is 6.32. The Balaban J connectivity index is 2.44. The van der Waals surface area contributed by atoms with Crippen LogP contribution in [0.5, 0.6) is 5.75 Å². The number of ether oxygens (including phenoxy) is 1. The maximum absolute atomic E-state index is 13.8. The largest absolute Gasteiger partial charge is 0.508 e. The van der Waals surface area contributed by atoms with E-state index >= 15 is 0 Å². The Bertz CT molecular complexity index is 530. The number of aromatic hydroxyl groups is 1. The molecule has 0 aliphatic rings. The molecule has 0 heterocycles. The van der Waals surface area contributed by atoms with E-state index in [1.165, 1.54) is 12.1 Å². The van der Waals surface area contributed by atoms with E-state index in [2.05, 4.69) is 10.6 Å². The molecule has 0 bridgehead atoms. The van der Waals surface area contributed by atoms with Crippen LogP contribution in [0.4, 0.5) is 13.6 Å². The van der Waals surface area contributed by atoms with Gasteiger partial charge in [-0.05, 0) is 45.4 Å². The summed E-state index contributed by atoms with van der Waals surface area (Å²) in [6, 6.07) is 6.03. The van der Waals surface area contributed by atoms with Gasteiger partial charge in [-0.1, -0.05) is 12.1 Å². The summed E-state index contributed by atoms with van der Waals surface area (Å²) in [6.45, 7) is 5.25. The van der Waals surface area contributed by atoms with Gasteiger partial charge in [0.1, 0.15) is 11.4 Å². The Hall–Kier alpha value is -1.89. The van der Waals surface area contributed by atoms with Gasteiger partial charge in [0.25, 0.3) is 5.92 Å².